The predicted octanol–water partition coefficient (Wildman–Crippen LogP) is 1.75. The van der Waals surface area contributed by atoms with Crippen molar-refractivity contribution in [1.82, 2.24) is 10.2 Å². The van der Waals surface area contributed by atoms with Gasteiger partial charge in [-0.1, -0.05) is 0 Å². The SMILES string of the molecule is O=C(NCCCN1CCCC1)c1cc(F)ccc1O. The molecule has 0 bridgehead atoms. The average molecular weight is 266 g/mol. The maximum atomic E-state index is 13.0. The molecule has 0 unspecified atom stereocenters. The van der Waals surface area contributed by atoms with Crippen molar-refractivity contribution in [2.45, 2.75) is 19.3 Å². The van der Waals surface area contributed by atoms with Gasteiger partial charge in [-0.15, -0.1) is 0 Å². The van der Waals surface area contributed by atoms with Gasteiger partial charge in [0, 0.05) is 6.54 Å². The number of rotatable bonds is 5. The van der Waals surface area contributed by atoms with Gasteiger partial charge in [0.15, 0.2) is 0 Å². The molecule has 0 radical (unpaired) electrons. The highest BCUT2D eigenvalue weighted by Gasteiger charge is 2.13. The second-order valence-electron chi connectivity index (χ2n) is 4.82. The van der Waals surface area contributed by atoms with E-state index < -0.39 is 11.7 Å². The minimum Gasteiger partial charge on any atom is -0.507 e. The number of amides is 1. The number of halogens is 1. The average Bonchev–Trinajstić information content (AvgIpc) is 2.90. The van der Waals surface area contributed by atoms with Gasteiger partial charge >= 0.3 is 0 Å². The number of nitrogens with one attached hydrogen (secondary N) is 1. The lowest BCUT2D eigenvalue weighted by atomic mass is 10.2. The fourth-order valence-electron chi connectivity index (χ4n) is 2.30. The summed E-state index contributed by atoms with van der Waals surface area (Å²) in [5, 5.41) is 12.2. The van der Waals surface area contributed by atoms with E-state index in [4.69, 9.17) is 0 Å². The summed E-state index contributed by atoms with van der Waals surface area (Å²) < 4.78 is 13.0. The number of nitrogens with zero attached hydrogens (tertiary/aromatic N) is 1. The molecule has 4 nitrogen and oxygen atoms in total. The Morgan fingerprint density at radius 3 is 2.84 bits per heavy atom. The second-order valence-corrected chi connectivity index (χ2v) is 4.82. The largest absolute Gasteiger partial charge is 0.507 e. The summed E-state index contributed by atoms with van der Waals surface area (Å²) in [6.45, 7) is 3.78. The molecule has 5 heteroatoms. The zero-order chi connectivity index (χ0) is 13.7. The molecule has 19 heavy (non-hydrogen) atoms. The maximum Gasteiger partial charge on any atom is 0.255 e. The smallest absolute Gasteiger partial charge is 0.255 e. The number of carbonyl (C=O) groups is 1. The van der Waals surface area contributed by atoms with Gasteiger partial charge < -0.3 is 15.3 Å². The standard InChI is InChI=1S/C14H19FN2O2/c15-11-4-5-13(18)12(10-11)14(19)16-6-3-9-17-7-1-2-8-17/h4-5,10,18H,1-3,6-9H2,(H,16,19). The molecule has 1 aromatic rings. The molecule has 0 saturated carbocycles. The van der Waals surface area contributed by atoms with E-state index in [2.05, 4.69) is 10.2 Å². The Hall–Kier alpha value is -1.62. The molecule has 0 atom stereocenters. The summed E-state index contributed by atoms with van der Waals surface area (Å²) in [7, 11) is 0. The van der Waals surface area contributed by atoms with Crippen molar-refractivity contribution >= 4 is 5.91 Å². The fourth-order valence-corrected chi connectivity index (χ4v) is 2.30. The molecule has 104 valence electrons. The van der Waals surface area contributed by atoms with E-state index in [-0.39, 0.29) is 11.3 Å². The molecular formula is C14H19FN2O2. The molecule has 2 N–H and O–H groups in total. The molecule has 2 rings (SSSR count). The van der Waals surface area contributed by atoms with Crippen molar-refractivity contribution in [3.8, 4) is 5.75 Å². The van der Waals surface area contributed by atoms with Crippen LogP contribution in [0.3, 0.4) is 0 Å². The first-order valence-electron chi connectivity index (χ1n) is 6.66. The Morgan fingerprint density at radius 1 is 1.37 bits per heavy atom. The summed E-state index contributed by atoms with van der Waals surface area (Å²) in [5.41, 5.74) is -0.0128. The predicted molar refractivity (Wildman–Crippen MR) is 70.7 cm³/mol. The van der Waals surface area contributed by atoms with Crippen molar-refractivity contribution in [2.24, 2.45) is 0 Å². The maximum absolute atomic E-state index is 13.0. The number of hydrogen-bond acceptors (Lipinski definition) is 3. The van der Waals surface area contributed by atoms with E-state index in [0.29, 0.717) is 6.54 Å². The van der Waals surface area contributed by atoms with E-state index >= 15 is 0 Å². The zero-order valence-corrected chi connectivity index (χ0v) is 10.9. The van der Waals surface area contributed by atoms with Gasteiger partial charge in [-0.2, -0.15) is 0 Å². The molecule has 1 saturated heterocycles. The lowest BCUT2D eigenvalue weighted by molar-refractivity contribution is 0.0949. The van der Waals surface area contributed by atoms with E-state index in [1.807, 2.05) is 0 Å². The van der Waals surface area contributed by atoms with Crippen LogP contribution >= 0.6 is 0 Å². The van der Waals surface area contributed by atoms with Gasteiger partial charge in [-0.05, 0) is 57.1 Å². The minimum absolute atomic E-state index is 0.0128. The van der Waals surface area contributed by atoms with Gasteiger partial charge in [0.25, 0.3) is 5.91 Å². The number of hydrogen-bond donors (Lipinski definition) is 2. The lowest BCUT2D eigenvalue weighted by Crippen LogP contribution is -2.28. The van der Waals surface area contributed by atoms with Crippen LogP contribution in [0.4, 0.5) is 4.39 Å². The third kappa shape index (κ3) is 3.92. The molecule has 1 aliphatic heterocycles. The van der Waals surface area contributed by atoms with Gasteiger partial charge in [0.05, 0.1) is 5.56 Å². The van der Waals surface area contributed by atoms with E-state index in [0.717, 1.165) is 38.2 Å². The highest BCUT2D eigenvalue weighted by molar-refractivity contribution is 5.96. The molecular weight excluding hydrogens is 247 g/mol. The van der Waals surface area contributed by atoms with E-state index in [1.165, 1.54) is 18.9 Å². The van der Waals surface area contributed by atoms with E-state index in [1.54, 1.807) is 0 Å². The van der Waals surface area contributed by atoms with Crippen LogP contribution < -0.4 is 5.32 Å². The number of phenolic OH excluding ortho intramolecular Hbond substituents is 1. The number of aromatic hydroxyl groups is 1. The van der Waals surface area contributed by atoms with Crippen LogP contribution in [-0.2, 0) is 0 Å². The second kappa shape index (κ2) is 6.52. The topological polar surface area (TPSA) is 52.6 Å². The highest BCUT2D eigenvalue weighted by Crippen LogP contribution is 2.17. The number of carbonyl (C=O) groups excluding carboxylic acids is 1. The summed E-state index contributed by atoms with van der Waals surface area (Å²) >= 11 is 0. The molecule has 1 aliphatic rings. The Bertz CT molecular complexity index is 445. The molecule has 0 spiro atoms. The van der Waals surface area contributed by atoms with Crippen LogP contribution in [-0.4, -0.2) is 42.1 Å². The Kier molecular flexibility index (Phi) is 4.74. The number of benzene rings is 1. The van der Waals surface area contributed by atoms with Crippen LogP contribution in [0.15, 0.2) is 18.2 Å². The molecule has 0 aromatic heterocycles. The highest BCUT2D eigenvalue weighted by atomic mass is 19.1. The van der Waals surface area contributed by atoms with Crippen molar-refractivity contribution < 1.29 is 14.3 Å². The van der Waals surface area contributed by atoms with Gasteiger partial charge in [0.2, 0.25) is 0 Å². The quantitative estimate of drug-likeness (QED) is 0.798. The normalized spacial score (nSPS) is 15.6. The van der Waals surface area contributed by atoms with Crippen LogP contribution in [0.2, 0.25) is 0 Å². The van der Waals surface area contributed by atoms with Crippen LogP contribution in [0.1, 0.15) is 29.6 Å². The monoisotopic (exact) mass is 266 g/mol. The van der Waals surface area contributed by atoms with Crippen molar-refractivity contribution in [2.75, 3.05) is 26.2 Å². The first-order valence-corrected chi connectivity index (χ1v) is 6.66. The summed E-state index contributed by atoms with van der Waals surface area (Å²) in [5.74, 6) is -1.16. The van der Waals surface area contributed by atoms with Crippen LogP contribution in [0.5, 0.6) is 5.75 Å². The van der Waals surface area contributed by atoms with Crippen LogP contribution in [0, 0.1) is 5.82 Å². The Labute approximate surface area is 112 Å². The summed E-state index contributed by atoms with van der Waals surface area (Å²) in [6, 6.07) is 3.36. The van der Waals surface area contributed by atoms with Crippen molar-refractivity contribution in [3.63, 3.8) is 0 Å². The van der Waals surface area contributed by atoms with Crippen molar-refractivity contribution in [1.29, 1.82) is 0 Å². The number of likely N-dealkylation sites (tertiary alicyclic amines) is 1. The number of phenols is 1. The van der Waals surface area contributed by atoms with Gasteiger partial charge in [-0.25, -0.2) is 4.39 Å². The first kappa shape index (κ1) is 13.8. The summed E-state index contributed by atoms with van der Waals surface area (Å²) in [6.07, 6.45) is 3.37. The lowest BCUT2D eigenvalue weighted by Gasteiger charge is -2.14. The molecule has 0 aliphatic carbocycles. The van der Waals surface area contributed by atoms with Gasteiger partial charge in [-0.3, -0.25) is 4.79 Å². The zero-order valence-electron chi connectivity index (χ0n) is 10.9. The van der Waals surface area contributed by atoms with Crippen molar-refractivity contribution in [3.05, 3.63) is 29.6 Å². The molecule has 1 heterocycles. The first-order chi connectivity index (χ1) is 9.16. The Balaban J connectivity index is 1.75. The summed E-state index contributed by atoms with van der Waals surface area (Å²) in [4.78, 5) is 14.1. The third-order valence-electron chi connectivity index (χ3n) is 3.34. The van der Waals surface area contributed by atoms with E-state index in [9.17, 15) is 14.3 Å². The van der Waals surface area contributed by atoms with Gasteiger partial charge in [0.1, 0.15) is 11.6 Å². The molecule has 1 aromatic carbocycles. The van der Waals surface area contributed by atoms with Crippen LogP contribution in [0.25, 0.3) is 0 Å². The Morgan fingerprint density at radius 2 is 2.11 bits per heavy atom. The molecule has 1 fully saturated rings. The molecule has 1 amide bonds. The minimum atomic E-state index is -0.528. The third-order valence-corrected chi connectivity index (χ3v) is 3.34. The fraction of sp³-hybridized carbons (Fsp3) is 0.500.